The Labute approximate surface area is 155 Å². The van der Waals surface area contributed by atoms with Crippen molar-refractivity contribution >= 4 is 38.9 Å². The van der Waals surface area contributed by atoms with Crippen LogP contribution in [0, 0.1) is 5.82 Å². The highest BCUT2D eigenvalue weighted by atomic mass is 35.5. The second-order valence-corrected chi connectivity index (χ2v) is 8.70. The predicted molar refractivity (Wildman–Crippen MR) is 97.3 cm³/mol. The smallest absolute Gasteiger partial charge is 0.251 e. The van der Waals surface area contributed by atoms with Crippen LogP contribution in [0.5, 0.6) is 0 Å². The Balaban J connectivity index is 2.12. The van der Waals surface area contributed by atoms with Crippen LogP contribution in [-0.4, -0.2) is 20.6 Å². The maximum atomic E-state index is 13.6. The molecule has 0 bridgehead atoms. The van der Waals surface area contributed by atoms with Gasteiger partial charge in [-0.05, 0) is 42.3 Å². The molecule has 25 heavy (non-hydrogen) atoms. The highest BCUT2D eigenvalue weighted by Gasteiger charge is 2.16. The third-order valence-corrected chi connectivity index (χ3v) is 4.97. The van der Waals surface area contributed by atoms with E-state index in [2.05, 4.69) is 5.32 Å². The summed E-state index contributed by atoms with van der Waals surface area (Å²) in [6, 6.07) is 8.16. The summed E-state index contributed by atoms with van der Waals surface area (Å²) >= 11 is 11.7. The van der Waals surface area contributed by atoms with Crippen LogP contribution in [0.15, 0.2) is 36.4 Å². The summed E-state index contributed by atoms with van der Waals surface area (Å²) < 4.78 is 36.2. The van der Waals surface area contributed by atoms with Crippen molar-refractivity contribution in [3.63, 3.8) is 0 Å². The number of amides is 1. The largest absolute Gasteiger partial charge is 0.345 e. The zero-order valence-corrected chi connectivity index (χ0v) is 15.8. The molecule has 0 saturated carbocycles. The SMILES string of the molecule is CC(NC(=O)c1ccc(CS(C)(=O)=O)cc1)c1cc(F)c(Cl)cc1Cl. The molecule has 0 aliphatic carbocycles. The Morgan fingerprint density at radius 2 is 1.76 bits per heavy atom. The fraction of sp³-hybridized carbons (Fsp3) is 0.235. The number of carbonyl (C=O) groups is 1. The summed E-state index contributed by atoms with van der Waals surface area (Å²) in [7, 11) is -3.14. The van der Waals surface area contributed by atoms with Crippen molar-refractivity contribution in [1.82, 2.24) is 5.32 Å². The van der Waals surface area contributed by atoms with E-state index in [9.17, 15) is 17.6 Å². The zero-order valence-electron chi connectivity index (χ0n) is 13.5. The maximum absolute atomic E-state index is 13.6. The minimum Gasteiger partial charge on any atom is -0.345 e. The molecular weight excluding hydrogens is 388 g/mol. The van der Waals surface area contributed by atoms with Crippen LogP contribution in [0.2, 0.25) is 10.0 Å². The topological polar surface area (TPSA) is 63.2 Å². The van der Waals surface area contributed by atoms with Gasteiger partial charge in [-0.15, -0.1) is 0 Å². The van der Waals surface area contributed by atoms with Crippen LogP contribution in [0.4, 0.5) is 4.39 Å². The van der Waals surface area contributed by atoms with E-state index in [-0.39, 0.29) is 21.7 Å². The highest BCUT2D eigenvalue weighted by Crippen LogP contribution is 2.28. The number of benzene rings is 2. The predicted octanol–water partition coefficient (Wildman–Crippen LogP) is 4.17. The molecule has 1 amide bonds. The second-order valence-electron chi connectivity index (χ2n) is 5.75. The Bertz CT molecular complexity index is 899. The van der Waals surface area contributed by atoms with Gasteiger partial charge in [-0.1, -0.05) is 35.3 Å². The van der Waals surface area contributed by atoms with Gasteiger partial charge in [-0.3, -0.25) is 4.79 Å². The van der Waals surface area contributed by atoms with Gasteiger partial charge in [0.25, 0.3) is 5.91 Å². The van der Waals surface area contributed by atoms with Gasteiger partial charge in [0.05, 0.1) is 16.8 Å². The lowest BCUT2D eigenvalue weighted by Gasteiger charge is -2.16. The quantitative estimate of drug-likeness (QED) is 0.761. The summed E-state index contributed by atoms with van der Waals surface area (Å²) in [6.07, 6.45) is 1.14. The van der Waals surface area contributed by atoms with Crippen molar-refractivity contribution in [2.45, 2.75) is 18.7 Å². The van der Waals surface area contributed by atoms with E-state index in [1.165, 1.54) is 24.3 Å². The monoisotopic (exact) mass is 403 g/mol. The number of nitrogens with one attached hydrogen (secondary N) is 1. The molecule has 8 heteroatoms. The average Bonchev–Trinajstić information content (AvgIpc) is 2.49. The molecule has 4 nitrogen and oxygen atoms in total. The first-order valence-corrected chi connectivity index (χ1v) is 10.1. The standard InChI is InChI=1S/C17H16Cl2FNO3S/c1-10(13-7-16(20)15(19)8-14(13)18)21-17(22)12-5-3-11(4-6-12)9-25(2,23)24/h3-8,10H,9H2,1-2H3,(H,21,22). The molecule has 1 unspecified atom stereocenters. The van der Waals surface area contributed by atoms with E-state index in [0.717, 1.165) is 6.26 Å². The highest BCUT2D eigenvalue weighted by molar-refractivity contribution is 7.89. The summed E-state index contributed by atoms with van der Waals surface area (Å²) in [5, 5.41) is 2.88. The minimum absolute atomic E-state index is 0.0891. The van der Waals surface area contributed by atoms with Crippen molar-refractivity contribution in [2.24, 2.45) is 0 Å². The number of halogens is 3. The van der Waals surface area contributed by atoms with Gasteiger partial charge in [0.15, 0.2) is 9.84 Å². The Kier molecular flexibility index (Phi) is 6.08. The molecule has 0 radical (unpaired) electrons. The Morgan fingerprint density at radius 1 is 1.16 bits per heavy atom. The molecule has 0 heterocycles. The molecule has 0 aliphatic heterocycles. The lowest BCUT2D eigenvalue weighted by molar-refractivity contribution is 0.0940. The third kappa shape index (κ3) is 5.42. The molecule has 0 spiro atoms. The first-order valence-electron chi connectivity index (χ1n) is 7.29. The Morgan fingerprint density at radius 3 is 2.32 bits per heavy atom. The number of hydrogen-bond donors (Lipinski definition) is 1. The van der Waals surface area contributed by atoms with Crippen molar-refractivity contribution in [1.29, 1.82) is 0 Å². The van der Waals surface area contributed by atoms with Crippen LogP contribution in [-0.2, 0) is 15.6 Å². The molecular formula is C17H16Cl2FNO3S. The van der Waals surface area contributed by atoms with Gasteiger partial charge >= 0.3 is 0 Å². The fourth-order valence-electron chi connectivity index (χ4n) is 2.28. The van der Waals surface area contributed by atoms with Gasteiger partial charge in [-0.2, -0.15) is 0 Å². The lowest BCUT2D eigenvalue weighted by Crippen LogP contribution is -2.27. The molecule has 2 aromatic carbocycles. The number of rotatable bonds is 5. The molecule has 1 N–H and O–H groups in total. The molecule has 2 aromatic rings. The Hall–Kier alpha value is -1.63. The van der Waals surface area contributed by atoms with E-state index >= 15 is 0 Å². The van der Waals surface area contributed by atoms with Crippen molar-refractivity contribution in [3.05, 3.63) is 69.0 Å². The van der Waals surface area contributed by atoms with Crippen molar-refractivity contribution in [3.8, 4) is 0 Å². The van der Waals surface area contributed by atoms with E-state index in [1.54, 1.807) is 19.1 Å². The van der Waals surface area contributed by atoms with Crippen LogP contribution in [0.3, 0.4) is 0 Å². The first-order chi connectivity index (χ1) is 11.6. The molecule has 0 aromatic heterocycles. The van der Waals surface area contributed by atoms with Crippen LogP contribution in [0.1, 0.15) is 34.5 Å². The summed E-state index contributed by atoms with van der Waals surface area (Å²) in [6.45, 7) is 1.67. The number of carbonyl (C=O) groups excluding carboxylic acids is 1. The van der Waals surface area contributed by atoms with E-state index < -0.39 is 21.7 Å². The van der Waals surface area contributed by atoms with E-state index in [1.807, 2.05) is 0 Å². The summed E-state index contributed by atoms with van der Waals surface area (Å²) in [5.74, 6) is -1.09. The summed E-state index contributed by atoms with van der Waals surface area (Å²) in [4.78, 5) is 12.3. The van der Waals surface area contributed by atoms with Crippen molar-refractivity contribution < 1.29 is 17.6 Å². The molecule has 2 rings (SSSR count). The van der Waals surface area contributed by atoms with Gasteiger partial charge in [0, 0.05) is 16.8 Å². The fourth-order valence-corrected chi connectivity index (χ4v) is 3.63. The van der Waals surface area contributed by atoms with Crippen molar-refractivity contribution in [2.75, 3.05) is 6.26 Å². The normalized spacial score (nSPS) is 12.7. The average molecular weight is 404 g/mol. The number of hydrogen-bond acceptors (Lipinski definition) is 3. The van der Waals surface area contributed by atoms with E-state index in [4.69, 9.17) is 23.2 Å². The van der Waals surface area contributed by atoms with Gasteiger partial charge in [0.2, 0.25) is 0 Å². The molecule has 0 aliphatic rings. The molecule has 0 saturated heterocycles. The molecule has 134 valence electrons. The van der Waals surface area contributed by atoms with Crippen LogP contribution < -0.4 is 5.32 Å². The summed E-state index contributed by atoms with van der Waals surface area (Å²) in [5.41, 5.74) is 1.36. The zero-order chi connectivity index (χ0) is 18.8. The van der Waals surface area contributed by atoms with Gasteiger partial charge in [-0.25, -0.2) is 12.8 Å². The minimum atomic E-state index is -3.14. The number of sulfone groups is 1. The molecule has 0 fully saturated rings. The van der Waals surface area contributed by atoms with Crippen LogP contribution in [0.25, 0.3) is 0 Å². The van der Waals surface area contributed by atoms with Gasteiger partial charge < -0.3 is 5.32 Å². The van der Waals surface area contributed by atoms with Gasteiger partial charge in [0.1, 0.15) is 5.82 Å². The maximum Gasteiger partial charge on any atom is 0.251 e. The second kappa shape index (κ2) is 7.72. The molecule has 1 atom stereocenters. The third-order valence-electron chi connectivity index (χ3n) is 3.50. The van der Waals surface area contributed by atoms with Crippen LogP contribution >= 0.6 is 23.2 Å². The van der Waals surface area contributed by atoms with E-state index in [0.29, 0.717) is 16.7 Å². The lowest BCUT2D eigenvalue weighted by atomic mass is 10.1. The first kappa shape index (κ1) is 19.7.